The third-order valence-corrected chi connectivity index (χ3v) is 3.60. The number of benzene rings is 1. The number of halogens is 1. The minimum atomic E-state index is 0.532. The van der Waals surface area contributed by atoms with Gasteiger partial charge in [-0.1, -0.05) is 43.1 Å². The van der Waals surface area contributed by atoms with Crippen molar-refractivity contribution < 1.29 is 0 Å². The Morgan fingerprint density at radius 3 is 2.45 bits per heavy atom. The molecular weight excluding hydrogens is 270 g/mol. The average Bonchev–Trinajstić information content (AvgIpc) is 2.45. The Morgan fingerprint density at radius 2 is 1.80 bits per heavy atom. The van der Waals surface area contributed by atoms with Crippen LogP contribution >= 0.6 is 11.6 Å². The summed E-state index contributed by atoms with van der Waals surface area (Å²) < 4.78 is 0. The third kappa shape index (κ3) is 3.28. The molecule has 0 unspecified atom stereocenters. The van der Waals surface area contributed by atoms with Crippen LogP contribution in [0.2, 0.25) is 5.15 Å². The summed E-state index contributed by atoms with van der Waals surface area (Å²) in [5.41, 5.74) is 2.07. The van der Waals surface area contributed by atoms with Crippen LogP contribution in [0, 0.1) is 13.8 Å². The van der Waals surface area contributed by atoms with E-state index in [0.29, 0.717) is 11.0 Å². The molecule has 1 aromatic carbocycles. The Balaban J connectivity index is 2.46. The summed E-state index contributed by atoms with van der Waals surface area (Å²) in [4.78, 5) is 11.0. The first-order chi connectivity index (χ1) is 9.63. The average molecular weight is 290 g/mol. The van der Waals surface area contributed by atoms with E-state index in [0.717, 1.165) is 36.5 Å². The van der Waals surface area contributed by atoms with E-state index in [4.69, 9.17) is 11.6 Å². The Bertz CT molecular complexity index is 569. The maximum absolute atomic E-state index is 6.21. The first-order valence-corrected chi connectivity index (χ1v) is 7.34. The zero-order valence-corrected chi connectivity index (χ0v) is 13.0. The number of anilines is 2. The highest BCUT2D eigenvalue weighted by Gasteiger charge is 2.16. The Labute approximate surface area is 125 Å². The Kier molecular flexibility index (Phi) is 4.96. The molecule has 0 amide bonds. The zero-order chi connectivity index (χ0) is 14.5. The summed E-state index contributed by atoms with van der Waals surface area (Å²) >= 11 is 6.21. The van der Waals surface area contributed by atoms with Crippen LogP contribution in [0.3, 0.4) is 0 Å². The maximum atomic E-state index is 6.21. The van der Waals surface area contributed by atoms with Crippen molar-refractivity contribution in [1.82, 2.24) is 9.97 Å². The highest BCUT2D eigenvalue weighted by Crippen LogP contribution is 2.29. The predicted octanol–water partition coefficient (Wildman–Crippen LogP) is 4.69. The number of aromatic nitrogens is 2. The quantitative estimate of drug-likeness (QED) is 0.748. The SMILES string of the molecule is CCCCN(c1ccccc1)c1nc(C)nc(Cl)c1C. The number of hydrogen-bond acceptors (Lipinski definition) is 3. The number of hydrogen-bond donors (Lipinski definition) is 0. The Hall–Kier alpha value is -1.61. The molecule has 2 rings (SSSR count). The lowest BCUT2D eigenvalue weighted by Gasteiger charge is -2.25. The number of para-hydroxylation sites is 1. The van der Waals surface area contributed by atoms with Gasteiger partial charge in [-0.15, -0.1) is 0 Å². The fraction of sp³-hybridized carbons (Fsp3) is 0.375. The summed E-state index contributed by atoms with van der Waals surface area (Å²) in [5.74, 6) is 1.61. The molecule has 2 aromatic rings. The third-order valence-electron chi connectivity index (χ3n) is 3.23. The summed E-state index contributed by atoms with van der Waals surface area (Å²) in [5, 5.41) is 0.532. The van der Waals surface area contributed by atoms with Gasteiger partial charge < -0.3 is 4.90 Å². The molecule has 0 saturated heterocycles. The maximum Gasteiger partial charge on any atom is 0.141 e. The summed E-state index contributed by atoms with van der Waals surface area (Å²) in [6.07, 6.45) is 2.25. The standard InChI is InChI=1S/C16H20ClN3/c1-4-5-11-20(14-9-7-6-8-10-14)16-12(2)15(17)18-13(3)19-16/h6-10H,4-5,11H2,1-3H3. The van der Waals surface area contributed by atoms with Gasteiger partial charge in [-0.3, -0.25) is 0 Å². The number of rotatable bonds is 5. The predicted molar refractivity (Wildman–Crippen MR) is 84.9 cm³/mol. The van der Waals surface area contributed by atoms with Crippen LogP contribution in [0.1, 0.15) is 31.2 Å². The van der Waals surface area contributed by atoms with E-state index >= 15 is 0 Å². The van der Waals surface area contributed by atoms with Crippen molar-refractivity contribution in [2.75, 3.05) is 11.4 Å². The van der Waals surface area contributed by atoms with E-state index in [1.807, 2.05) is 32.0 Å². The molecule has 0 aliphatic heterocycles. The van der Waals surface area contributed by atoms with Crippen molar-refractivity contribution >= 4 is 23.1 Å². The Morgan fingerprint density at radius 1 is 1.10 bits per heavy atom. The van der Waals surface area contributed by atoms with E-state index < -0.39 is 0 Å². The fourth-order valence-corrected chi connectivity index (χ4v) is 2.33. The van der Waals surface area contributed by atoms with E-state index in [1.165, 1.54) is 0 Å². The molecule has 1 heterocycles. The molecule has 3 nitrogen and oxygen atoms in total. The minimum Gasteiger partial charge on any atom is -0.326 e. The van der Waals surface area contributed by atoms with E-state index in [1.54, 1.807) is 0 Å². The summed E-state index contributed by atoms with van der Waals surface area (Å²) in [6.45, 7) is 6.96. The lowest BCUT2D eigenvalue weighted by Crippen LogP contribution is -2.21. The molecule has 4 heteroatoms. The molecule has 106 valence electrons. The van der Waals surface area contributed by atoms with E-state index in [9.17, 15) is 0 Å². The monoisotopic (exact) mass is 289 g/mol. The second kappa shape index (κ2) is 6.71. The summed E-state index contributed by atoms with van der Waals surface area (Å²) in [6, 6.07) is 10.3. The number of unbranched alkanes of at least 4 members (excludes halogenated alkanes) is 1. The molecule has 0 radical (unpaired) electrons. The van der Waals surface area contributed by atoms with E-state index in [-0.39, 0.29) is 0 Å². The molecule has 0 bridgehead atoms. The topological polar surface area (TPSA) is 29.0 Å². The molecule has 20 heavy (non-hydrogen) atoms. The minimum absolute atomic E-state index is 0.532. The van der Waals surface area contributed by atoms with Crippen LogP contribution < -0.4 is 4.90 Å². The van der Waals surface area contributed by atoms with Gasteiger partial charge in [-0.25, -0.2) is 9.97 Å². The molecule has 0 aliphatic rings. The van der Waals surface area contributed by atoms with Crippen molar-refractivity contribution in [1.29, 1.82) is 0 Å². The molecular formula is C16H20ClN3. The van der Waals surface area contributed by atoms with Gasteiger partial charge in [0.2, 0.25) is 0 Å². The van der Waals surface area contributed by atoms with Crippen molar-refractivity contribution in [2.45, 2.75) is 33.6 Å². The van der Waals surface area contributed by atoms with Crippen LogP contribution in [0.15, 0.2) is 30.3 Å². The van der Waals surface area contributed by atoms with Gasteiger partial charge in [-0.05, 0) is 32.4 Å². The van der Waals surface area contributed by atoms with Crippen LogP contribution in [-0.2, 0) is 0 Å². The van der Waals surface area contributed by atoms with Gasteiger partial charge in [0.25, 0.3) is 0 Å². The van der Waals surface area contributed by atoms with E-state index in [2.05, 4.69) is 33.9 Å². The molecule has 0 N–H and O–H groups in total. The largest absolute Gasteiger partial charge is 0.326 e. The molecule has 0 spiro atoms. The van der Waals surface area contributed by atoms with Gasteiger partial charge in [0.15, 0.2) is 0 Å². The molecule has 0 atom stereocenters. The van der Waals surface area contributed by atoms with Crippen LogP contribution in [0.25, 0.3) is 0 Å². The zero-order valence-electron chi connectivity index (χ0n) is 12.2. The van der Waals surface area contributed by atoms with Gasteiger partial charge in [0, 0.05) is 17.8 Å². The van der Waals surface area contributed by atoms with Crippen LogP contribution in [-0.4, -0.2) is 16.5 Å². The van der Waals surface area contributed by atoms with Gasteiger partial charge in [0.1, 0.15) is 16.8 Å². The highest BCUT2D eigenvalue weighted by molar-refractivity contribution is 6.30. The van der Waals surface area contributed by atoms with Crippen molar-refractivity contribution in [3.8, 4) is 0 Å². The van der Waals surface area contributed by atoms with Crippen molar-refractivity contribution in [3.05, 3.63) is 46.9 Å². The van der Waals surface area contributed by atoms with Crippen molar-refractivity contribution in [3.63, 3.8) is 0 Å². The molecule has 0 saturated carbocycles. The lowest BCUT2D eigenvalue weighted by atomic mass is 10.2. The molecule has 1 aromatic heterocycles. The van der Waals surface area contributed by atoms with Crippen molar-refractivity contribution in [2.24, 2.45) is 0 Å². The number of nitrogens with zero attached hydrogens (tertiary/aromatic N) is 3. The lowest BCUT2D eigenvalue weighted by molar-refractivity contribution is 0.774. The van der Waals surface area contributed by atoms with Gasteiger partial charge >= 0.3 is 0 Å². The van der Waals surface area contributed by atoms with Gasteiger partial charge in [0.05, 0.1) is 0 Å². The first kappa shape index (κ1) is 14.8. The summed E-state index contributed by atoms with van der Waals surface area (Å²) in [7, 11) is 0. The molecule has 0 fully saturated rings. The van der Waals surface area contributed by atoms with Crippen LogP contribution in [0.5, 0.6) is 0 Å². The van der Waals surface area contributed by atoms with Crippen LogP contribution in [0.4, 0.5) is 11.5 Å². The highest BCUT2D eigenvalue weighted by atomic mass is 35.5. The number of aryl methyl sites for hydroxylation is 1. The fourth-order valence-electron chi connectivity index (χ4n) is 2.12. The normalized spacial score (nSPS) is 10.6. The molecule has 0 aliphatic carbocycles. The second-order valence-electron chi connectivity index (χ2n) is 4.85. The van der Waals surface area contributed by atoms with Gasteiger partial charge in [-0.2, -0.15) is 0 Å². The second-order valence-corrected chi connectivity index (χ2v) is 5.21. The smallest absolute Gasteiger partial charge is 0.141 e. The first-order valence-electron chi connectivity index (χ1n) is 6.96.